The number of hydrogen-bond donors (Lipinski definition) is 2. The lowest BCUT2D eigenvalue weighted by atomic mass is 9.89. The number of aromatic hydroxyl groups is 1. The Morgan fingerprint density at radius 2 is 1.92 bits per heavy atom. The zero-order valence-corrected chi connectivity index (χ0v) is 22.8. The maximum Gasteiger partial charge on any atom is 0.331 e. The molecular formula is C30H36N2O7. The van der Waals surface area contributed by atoms with Crippen LogP contribution >= 0.6 is 0 Å². The first-order valence-corrected chi connectivity index (χ1v) is 13.2. The topological polar surface area (TPSA) is 116 Å². The average Bonchev–Trinajstić information content (AvgIpc) is 2.96. The molecule has 2 heterocycles. The first-order chi connectivity index (χ1) is 18.8. The Hall–Kier alpha value is -3.69. The molecule has 0 aliphatic carbocycles. The van der Waals surface area contributed by atoms with E-state index < -0.39 is 35.9 Å². The predicted octanol–water partition coefficient (Wildman–Crippen LogP) is 3.91. The van der Waals surface area contributed by atoms with E-state index in [0.29, 0.717) is 19.6 Å². The highest BCUT2D eigenvalue weighted by Crippen LogP contribution is 2.29. The van der Waals surface area contributed by atoms with Crippen molar-refractivity contribution in [2.75, 3.05) is 26.9 Å². The van der Waals surface area contributed by atoms with Crippen molar-refractivity contribution in [2.45, 2.75) is 45.4 Å². The van der Waals surface area contributed by atoms with Crippen LogP contribution in [-0.4, -0.2) is 67.1 Å². The van der Waals surface area contributed by atoms with Gasteiger partial charge in [-0.15, -0.1) is 0 Å². The van der Waals surface area contributed by atoms with Gasteiger partial charge in [-0.3, -0.25) is 4.79 Å². The number of aromatic nitrogens is 1. The summed E-state index contributed by atoms with van der Waals surface area (Å²) >= 11 is 0. The zero-order valence-electron chi connectivity index (χ0n) is 22.8. The summed E-state index contributed by atoms with van der Waals surface area (Å²) in [7, 11) is 1.37. The number of fused-ring (bicyclic) bond motifs is 1. The van der Waals surface area contributed by atoms with Crippen LogP contribution in [0.15, 0.2) is 54.7 Å². The molecule has 1 aliphatic rings. The fourth-order valence-electron chi connectivity index (χ4n) is 4.81. The number of carbonyl (C=O) groups excluding carboxylic acids is 2. The highest BCUT2D eigenvalue weighted by Gasteiger charge is 2.36. The van der Waals surface area contributed by atoms with Crippen LogP contribution in [0, 0.1) is 11.8 Å². The van der Waals surface area contributed by atoms with Crippen LogP contribution < -0.4 is 10.1 Å². The molecule has 0 bridgehead atoms. The van der Waals surface area contributed by atoms with Crippen LogP contribution in [0.3, 0.4) is 0 Å². The highest BCUT2D eigenvalue weighted by atomic mass is 16.6. The molecule has 1 fully saturated rings. The Bertz CT molecular complexity index is 1290. The van der Waals surface area contributed by atoms with E-state index in [4.69, 9.17) is 18.9 Å². The van der Waals surface area contributed by atoms with Gasteiger partial charge in [0, 0.05) is 24.8 Å². The fraction of sp³-hybridized carbons (Fsp3) is 0.433. The van der Waals surface area contributed by atoms with Gasteiger partial charge >= 0.3 is 5.97 Å². The maximum atomic E-state index is 13.1. The summed E-state index contributed by atoms with van der Waals surface area (Å²) < 4.78 is 23.2. The van der Waals surface area contributed by atoms with Crippen molar-refractivity contribution < 1.29 is 33.6 Å². The van der Waals surface area contributed by atoms with Crippen LogP contribution in [0.25, 0.3) is 10.8 Å². The first kappa shape index (κ1) is 28.3. The minimum absolute atomic E-state index is 0.0958. The standard InChI is InChI=1S/C30H36N2O7/c1-18(2)15-38-28-19(3)39-30(35)24(32-29(34)26-27(33)25(36-4)12-13-31-26)17-37-16-22(28)14-21-10-7-9-20-8-5-6-11-23(20)21/h5-13,18-19,22,24,28,33H,14-17H2,1-4H3,(H,32,34). The molecule has 3 aromatic rings. The molecule has 4 unspecified atom stereocenters. The molecule has 1 aliphatic heterocycles. The summed E-state index contributed by atoms with van der Waals surface area (Å²) in [5.41, 5.74) is 0.893. The van der Waals surface area contributed by atoms with Gasteiger partial charge < -0.3 is 29.4 Å². The zero-order chi connectivity index (χ0) is 27.9. The summed E-state index contributed by atoms with van der Waals surface area (Å²) in [6.45, 7) is 6.62. The number of carbonyl (C=O) groups is 2. The lowest BCUT2D eigenvalue weighted by Gasteiger charge is -2.31. The fourth-order valence-corrected chi connectivity index (χ4v) is 4.81. The maximum absolute atomic E-state index is 13.1. The van der Waals surface area contributed by atoms with Gasteiger partial charge in [-0.2, -0.15) is 0 Å². The van der Waals surface area contributed by atoms with E-state index in [1.807, 2.05) is 18.2 Å². The van der Waals surface area contributed by atoms with Crippen LogP contribution in [0.5, 0.6) is 11.5 Å². The van der Waals surface area contributed by atoms with Crippen LogP contribution in [0.2, 0.25) is 0 Å². The number of ether oxygens (including phenoxy) is 4. The Morgan fingerprint density at radius 1 is 1.15 bits per heavy atom. The molecule has 39 heavy (non-hydrogen) atoms. The molecule has 0 spiro atoms. The van der Waals surface area contributed by atoms with Gasteiger partial charge in [-0.05, 0) is 35.6 Å². The van der Waals surface area contributed by atoms with Gasteiger partial charge in [0.15, 0.2) is 23.2 Å². The van der Waals surface area contributed by atoms with E-state index in [1.54, 1.807) is 6.92 Å². The SMILES string of the molecule is COc1ccnc(C(=O)NC2COCC(Cc3cccc4ccccc34)C(OCC(C)C)C(C)OC2=O)c1O. The number of cyclic esters (lactones) is 1. The van der Waals surface area contributed by atoms with Gasteiger partial charge in [0.2, 0.25) is 0 Å². The van der Waals surface area contributed by atoms with Crippen molar-refractivity contribution in [1.29, 1.82) is 0 Å². The van der Waals surface area contributed by atoms with Crippen molar-refractivity contribution in [3.8, 4) is 11.5 Å². The van der Waals surface area contributed by atoms with E-state index in [2.05, 4.69) is 48.4 Å². The molecule has 2 N–H and O–H groups in total. The number of esters is 1. The molecule has 9 nitrogen and oxygen atoms in total. The summed E-state index contributed by atoms with van der Waals surface area (Å²) in [6.07, 6.45) is 0.974. The lowest BCUT2D eigenvalue weighted by molar-refractivity contribution is -0.160. The molecule has 9 heteroatoms. The number of nitrogens with one attached hydrogen (secondary N) is 1. The summed E-state index contributed by atoms with van der Waals surface area (Å²) in [4.78, 5) is 30.0. The number of benzene rings is 2. The second-order valence-electron chi connectivity index (χ2n) is 10.2. The largest absolute Gasteiger partial charge is 0.503 e. The summed E-state index contributed by atoms with van der Waals surface area (Å²) in [5.74, 6) is -1.55. The van der Waals surface area contributed by atoms with Crippen molar-refractivity contribution in [3.63, 3.8) is 0 Å². The number of rotatable bonds is 8. The second-order valence-corrected chi connectivity index (χ2v) is 10.2. The molecule has 0 radical (unpaired) electrons. The molecule has 1 aromatic heterocycles. The third-order valence-corrected chi connectivity index (χ3v) is 6.74. The smallest absolute Gasteiger partial charge is 0.331 e. The first-order valence-electron chi connectivity index (χ1n) is 13.2. The Labute approximate surface area is 228 Å². The Balaban J connectivity index is 1.56. The quantitative estimate of drug-likeness (QED) is 0.417. The van der Waals surface area contributed by atoms with E-state index in [-0.39, 0.29) is 29.9 Å². The van der Waals surface area contributed by atoms with Crippen molar-refractivity contribution in [3.05, 3.63) is 66.0 Å². The van der Waals surface area contributed by atoms with Gasteiger partial charge in [0.25, 0.3) is 5.91 Å². The number of hydrogen-bond acceptors (Lipinski definition) is 8. The van der Waals surface area contributed by atoms with Crippen LogP contribution in [0.4, 0.5) is 0 Å². The third-order valence-electron chi connectivity index (χ3n) is 6.74. The molecule has 2 aromatic carbocycles. The molecule has 0 saturated carbocycles. The van der Waals surface area contributed by atoms with Gasteiger partial charge in [0.1, 0.15) is 6.10 Å². The normalized spacial score (nSPS) is 22.0. The molecule has 208 valence electrons. The molecule has 1 saturated heterocycles. The number of nitrogens with zero attached hydrogens (tertiary/aromatic N) is 1. The minimum atomic E-state index is -1.10. The highest BCUT2D eigenvalue weighted by molar-refractivity contribution is 5.98. The number of amides is 1. The number of methoxy groups -OCH3 is 1. The van der Waals surface area contributed by atoms with Gasteiger partial charge in [0.05, 0.1) is 26.4 Å². The molecule has 4 atom stereocenters. The summed E-state index contributed by atoms with van der Waals surface area (Å²) in [6, 6.07) is 14.8. The Morgan fingerprint density at radius 3 is 2.69 bits per heavy atom. The van der Waals surface area contributed by atoms with Crippen molar-refractivity contribution in [2.24, 2.45) is 11.8 Å². The van der Waals surface area contributed by atoms with Crippen LogP contribution in [0.1, 0.15) is 36.8 Å². The lowest BCUT2D eigenvalue weighted by Crippen LogP contribution is -2.46. The minimum Gasteiger partial charge on any atom is -0.503 e. The van der Waals surface area contributed by atoms with E-state index >= 15 is 0 Å². The van der Waals surface area contributed by atoms with Gasteiger partial charge in [-0.1, -0.05) is 56.3 Å². The predicted molar refractivity (Wildman–Crippen MR) is 146 cm³/mol. The van der Waals surface area contributed by atoms with Gasteiger partial charge in [-0.25, -0.2) is 9.78 Å². The number of pyridine rings is 1. The third kappa shape index (κ3) is 6.85. The summed E-state index contributed by atoms with van der Waals surface area (Å²) in [5, 5.41) is 15.2. The average molecular weight is 537 g/mol. The van der Waals surface area contributed by atoms with Crippen molar-refractivity contribution >= 4 is 22.6 Å². The second kappa shape index (κ2) is 12.9. The van der Waals surface area contributed by atoms with Crippen LogP contribution in [-0.2, 0) is 25.4 Å². The molecule has 1 amide bonds. The van der Waals surface area contributed by atoms with E-state index in [9.17, 15) is 14.7 Å². The molecular weight excluding hydrogens is 500 g/mol. The van der Waals surface area contributed by atoms with Crippen molar-refractivity contribution in [1.82, 2.24) is 10.3 Å². The molecule has 4 rings (SSSR count). The van der Waals surface area contributed by atoms with E-state index in [1.165, 1.54) is 19.4 Å². The Kier molecular flexibility index (Phi) is 9.37. The van der Waals surface area contributed by atoms with E-state index in [0.717, 1.165) is 16.3 Å². The monoisotopic (exact) mass is 536 g/mol.